The van der Waals surface area contributed by atoms with E-state index in [1.165, 1.54) is 0 Å². The van der Waals surface area contributed by atoms with Crippen molar-refractivity contribution in [1.82, 2.24) is 9.97 Å². The van der Waals surface area contributed by atoms with E-state index >= 15 is 0 Å². The SMILES string of the molecule is CC(C)Cc1nc(F)cc2c1[nH]c1cccc(-c3ccccc3)c12. The maximum absolute atomic E-state index is 14.2. The molecule has 0 amide bonds. The minimum atomic E-state index is -0.415. The third kappa shape index (κ3) is 2.46. The van der Waals surface area contributed by atoms with Crippen LogP contribution in [0.2, 0.25) is 0 Å². The topological polar surface area (TPSA) is 28.7 Å². The molecule has 2 aromatic carbocycles. The van der Waals surface area contributed by atoms with Crippen molar-refractivity contribution in [3.05, 3.63) is 66.2 Å². The van der Waals surface area contributed by atoms with Gasteiger partial charge in [0.1, 0.15) is 0 Å². The summed E-state index contributed by atoms with van der Waals surface area (Å²) in [4.78, 5) is 7.60. The lowest BCUT2D eigenvalue weighted by Crippen LogP contribution is -2.00. The van der Waals surface area contributed by atoms with Gasteiger partial charge in [-0.3, -0.25) is 0 Å². The number of nitrogens with one attached hydrogen (secondary N) is 1. The molecule has 0 spiro atoms. The Hall–Kier alpha value is -2.68. The van der Waals surface area contributed by atoms with Crippen LogP contribution in [-0.2, 0) is 6.42 Å². The first-order chi connectivity index (χ1) is 11.6. The second kappa shape index (κ2) is 5.75. The minimum Gasteiger partial charge on any atom is -0.353 e. The van der Waals surface area contributed by atoms with Gasteiger partial charge in [-0.05, 0) is 29.5 Å². The Balaban J connectivity index is 2.07. The summed E-state index contributed by atoms with van der Waals surface area (Å²) >= 11 is 0. The van der Waals surface area contributed by atoms with Gasteiger partial charge in [0, 0.05) is 22.4 Å². The van der Waals surface area contributed by atoms with E-state index in [4.69, 9.17) is 0 Å². The first-order valence-electron chi connectivity index (χ1n) is 8.28. The van der Waals surface area contributed by atoms with Crippen LogP contribution in [0.5, 0.6) is 0 Å². The van der Waals surface area contributed by atoms with Crippen molar-refractivity contribution in [2.75, 3.05) is 0 Å². The van der Waals surface area contributed by atoms with Crippen LogP contribution in [0.1, 0.15) is 19.5 Å². The molecule has 4 aromatic rings. The Morgan fingerprint density at radius 2 is 1.83 bits per heavy atom. The van der Waals surface area contributed by atoms with Gasteiger partial charge in [0.25, 0.3) is 0 Å². The molecule has 0 atom stereocenters. The Morgan fingerprint density at radius 3 is 2.58 bits per heavy atom. The van der Waals surface area contributed by atoms with Crippen LogP contribution in [0.4, 0.5) is 4.39 Å². The van der Waals surface area contributed by atoms with Crippen molar-refractivity contribution in [3.8, 4) is 11.1 Å². The number of benzene rings is 2. The maximum Gasteiger partial charge on any atom is 0.213 e. The molecule has 120 valence electrons. The monoisotopic (exact) mass is 318 g/mol. The van der Waals surface area contributed by atoms with Crippen LogP contribution >= 0.6 is 0 Å². The Kier molecular flexibility index (Phi) is 3.57. The van der Waals surface area contributed by atoms with Crippen molar-refractivity contribution in [2.24, 2.45) is 5.92 Å². The van der Waals surface area contributed by atoms with Crippen molar-refractivity contribution in [1.29, 1.82) is 0 Å². The van der Waals surface area contributed by atoms with Crippen LogP contribution in [0.15, 0.2) is 54.6 Å². The molecule has 24 heavy (non-hydrogen) atoms. The number of fused-ring (bicyclic) bond motifs is 3. The number of H-pyrrole nitrogens is 1. The summed E-state index contributed by atoms with van der Waals surface area (Å²) in [5.74, 6) is 0.00409. The molecule has 0 aliphatic rings. The predicted molar refractivity (Wildman–Crippen MR) is 97.5 cm³/mol. The molecule has 2 nitrogen and oxygen atoms in total. The maximum atomic E-state index is 14.2. The van der Waals surface area contributed by atoms with Gasteiger partial charge in [-0.2, -0.15) is 4.39 Å². The number of hydrogen-bond donors (Lipinski definition) is 1. The van der Waals surface area contributed by atoms with Crippen LogP contribution < -0.4 is 0 Å². The summed E-state index contributed by atoms with van der Waals surface area (Å²) in [5, 5.41) is 1.97. The molecular weight excluding hydrogens is 299 g/mol. The number of hydrogen-bond acceptors (Lipinski definition) is 1. The van der Waals surface area contributed by atoms with Gasteiger partial charge in [-0.25, -0.2) is 4.98 Å². The van der Waals surface area contributed by atoms with Gasteiger partial charge in [0.2, 0.25) is 5.95 Å². The fourth-order valence-corrected chi connectivity index (χ4v) is 3.37. The van der Waals surface area contributed by atoms with Crippen molar-refractivity contribution in [3.63, 3.8) is 0 Å². The van der Waals surface area contributed by atoms with Gasteiger partial charge in [-0.1, -0.05) is 56.3 Å². The summed E-state index contributed by atoms with van der Waals surface area (Å²) in [6.45, 7) is 4.24. The fraction of sp³-hybridized carbons (Fsp3) is 0.190. The van der Waals surface area contributed by atoms with E-state index in [2.05, 4.69) is 42.0 Å². The first kappa shape index (κ1) is 14.9. The van der Waals surface area contributed by atoms with Crippen molar-refractivity contribution in [2.45, 2.75) is 20.3 Å². The third-order valence-corrected chi connectivity index (χ3v) is 4.34. The van der Waals surface area contributed by atoms with E-state index in [0.717, 1.165) is 45.0 Å². The Labute approximate surface area is 140 Å². The molecular formula is C21H19FN2. The summed E-state index contributed by atoms with van der Waals surface area (Å²) in [5.41, 5.74) is 5.01. The van der Waals surface area contributed by atoms with E-state index in [1.54, 1.807) is 6.07 Å². The van der Waals surface area contributed by atoms with Crippen LogP contribution in [0, 0.1) is 11.9 Å². The fourth-order valence-electron chi connectivity index (χ4n) is 3.37. The second-order valence-corrected chi connectivity index (χ2v) is 6.63. The molecule has 3 heteroatoms. The average Bonchev–Trinajstić information content (AvgIpc) is 2.94. The average molecular weight is 318 g/mol. The summed E-state index contributed by atoms with van der Waals surface area (Å²) in [7, 11) is 0. The van der Waals surface area contributed by atoms with Gasteiger partial charge >= 0.3 is 0 Å². The lowest BCUT2D eigenvalue weighted by atomic mass is 9.99. The molecule has 0 bridgehead atoms. The van der Waals surface area contributed by atoms with E-state index in [9.17, 15) is 4.39 Å². The number of nitrogens with zero attached hydrogens (tertiary/aromatic N) is 1. The molecule has 2 heterocycles. The highest BCUT2D eigenvalue weighted by molar-refractivity contribution is 6.14. The van der Waals surface area contributed by atoms with Gasteiger partial charge < -0.3 is 4.98 Å². The predicted octanol–water partition coefficient (Wildman–Crippen LogP) is 5.72. The molecule has 0 aliphatic heterocycles. The quantitative estimate of drug-likeness (QED) is 0.481. The summed E-state index contributed by atoms with van der Waals surface area (Å²) < 4.78 is 14.2. The standard InChI is InChI=1S/C21H19FN2/c1-13(2)11-18-21-16(12-19(22)23-18)20-15(9-6-10-17(20)24-21)14-7-4-3-5-8-14/h3-10,12-13,24H,11H2,1-2H3. The van der Waals surface area contributed by atoms with Crippen molar-refractivity contribution >= 4 is 21.8 Å². The summed E-state index contributed by atoms with van der Waals surface area (Å²) in [6.07, 6.45) is 0.752. The Morgan fingerprint density at radius 1 is 1.04 bits per heavy atom. The van der Waals surface area contributed by atoms with Gasteiger partial charge in [0.05, 0.1) is 11.2 Å². The highest BCUT2D eigenvalue weighted by Gasteiger charge is 2.15. The first-order valence-corrected chi connectivity index (χ1v) is 8.28. The van der Waals surface area contributed by atoms with Crippen LogP contribution in [-0.4, -0.2) is 9.97 Å². The zero-order valence-corrected chi connectivity index (χ0v) is 13.8. The molecule has 0 radical (unpaired) electrons. The lowest BCUT2D eigenvalue weighted by molar-refractivity contribution is 0.566. The molecule has 1 N–H and O–H groups in total. The highest BCUT2D eigenvalue weighted by atomic mass is 19.1. The number of rotatable bonds is 3. The van der Waals surface area contributed by atoms with E-state index in [1.807, 2.05) is 30.3 Å². The van der Waals surface area contributed by atoms with E-state index in [0.29, 0.717) is 5.92 Å². The molecule has 4 rings (SSSR count). The third-order valence-electron chi connectivity index (χ3n) is 4.34. The van der Waals surface area contributed by atoms with Crippen molar-refractivity contribution < 1.29 is 4.39 Å². The number of aromatic amines is 1. The lowest BCUT2D eigenvalue weighted by Gasteiger charge is -2.07. The van der Waals surface area contributed by atoms with Crippen LogP contribution in [0.25, 0.3) is 32.9 Å². The zero-order chi connectivity index (χ0) is 16.7. The molecule has 0 saturated carbocycles. The molecule has 0 saturated heterocycles. The van der Waals surface area contributed by atoms with Gasteiger partial charge in [-0.15, -0.1) is 0 Å². The number of halogens is 1. The second-order valence-electron chi connectivity index (χ2n) is 6.63. The van der Waals surface area contributed by atoms with Crippen LogP contribution in [0.3, 0.4) is 0 Å². The molecule has 0 aliphatic carbocycles. The number of pyridine rings is 1. The molecule has 0 unspecified atom stereocenters. The summed E-state index contributed by atoms with van der Waals surface area (Å²) in [6, 6.07) is 17.9. The largest absolute Gasteiger partial charge is 0.353 e. The normalized spacial score (nSPS) is 11.7. The smallest absolute Gasteiger partial charge is 0.213 e. The van der Waals surface area contributed by atoms with Gasteiger partial charge in [0.15, 0.2) is 0 Å². The Bertz CT molecular complexity index is 1020. The van der Waals surface area contributed by atoms with E-state index in [-0.39, 0.29) is 0 Å². The molecule has 2 aromatic heterocycles. The highest BCUT2D eigenvalue weighted by Crippen LogP contribution is 2.35. The minimum absolute atomic E-state index is 0.415. The van der Waals surface area contributed by atoms with E-state index < -0.39 is 5.95 Å². The zero-order valence-electron chi connectivity index (χ0n) is 13.8. The molecule has 0 fully saturated rings. The number of aromatic nitrogens is 2.